The Morgan fingerprint density at radius 3 is 2.39 bits per heavy atom. The van der Waals surface area contributed by atoms with Gasteiger partial charge in [0.15, 0.2) is 9.84 Å². The van der Waals surface area contributed by atoms with E-state index in [1.54, 1.807) is 11.8 Å². The number of ether oxygens (including phenoxy) is 1. The molecule has 0 bridgehead atoms. The van der Waals surface area contributed by atoms with E-state index >= 15 is 0 Å². The van der Waals surface area contributed by atoms with Gasteiger partial charge in [0.2, 0.25) is 5.91 Å². The van der Waals surface area contributed by atoms with Crippen LogP contribution in [-0.2, 0) is 24.2 Å². The Morgan fingerprint density at radius 1 is 1.14 bits per heavy atom. The molecule has 3 rings (SSSR count). The summed E-state index contributed by atoms with van der Waals surface area (Å²) in [4.78, 5) is 28.7. The molecule has 1 aromatic rings. The lowest BCUT2D eigenvalue weighted by Gasteiger charge is -2.34. The van der Waals surface area contributed by atoms with Gasteiger partial charge in [0, 0.05) is 5.69 Å². The quantitative estimate of drug-likeness (QED) is 0.663. The third-order valence-electron chi connectivity index (χ3n) is 5.44. The molecule has 2 aliphatic rings. The first kappa shape index (κ1) is 20.8. The second-order valence-electron chi connectivity index (χ2n) is 7.46. The Kier molecular flexibility index (Phi) is 6.72. The van der Waals surface area contributed by atoms with Crippen molar-refractivity contribution < 1.29 is 22.7 Å². The normalized spacial score (nSPS) is 22.7. The highest BCUT2D eigenvalue weighted by Gasteiger charge is 2.36. The van der Waals surface area contributed by atoms with Crippen LogP contribution >= 0.6 is 0 Å². The summed E-state index contributed by atoms with van der Waals surface area (Å²) in [7, 11) is -3.10. The van der Waals surface area contributed by atoms with Gasteiger partial charge in [-0.3, -0.25) is 14.5 Å². The summed E-state index contributed by atoms with van der Waals surface area (Å²) in [6, 6.07) is 8.94. The summed E-state index contributed by atoms with van der Waals surface area (Å²) in [5, 5.41) is 0. The Hall–Kier alpha value is -1.93. The number of nitrogens with zero attached hydrogens (tertiary/aromatic N) is 2. The second kappa shape index (κ2) is 9.05. The number of carbonyl (C=O) groups excluding carboxylic acids is 2. The SMILES string of the molecule is CCOC(=O)C1CCN(CC(=O)N(c2ccccc2)[C@@H]2CCS(=O)(=O)C2)CC1. The summed E-state index contributed by atoms with van der Waals surface area (Å²) >= 11 is 0. The molecule has 0 radical (unpaired) electrons. The van der Waals surface area contributed by atoms with E-state index in [-0.39, 0.29) is 41.9 Å². The van der Waals surface area contributed by atoms with Crippen molar-refractivity contribution >= 4 is 27.4 Å². The zero-order valence-electron chi connectivity index (χ0n) is 16.2. The van der Waals surface area contributed by atoms with Gasteiger partial charge in [-0.2, -0.15) is 0 Å². The molecule has 154 valence electrons. The summed E-state index contributed by atoms with van der Waals surface area (Å²) < 4.78 is 29.0. The minimum Gasteiger partial charge on any atom is -0.466 e. The molecular formula is C20H28N2O5S. The van der Waals surface area contributed by atoms with Crippen LogP contribution in [0.1, 0.15) is 26.2 Å². The van der Waals surface area contributed by atoms with Crippen LogP contribution in [0.15, 0.2) is 30.3 Å². The van der Waals surface area contributed by atoms with Gasteiger partial charge in [-0.25, -0.2) is 8.42 Å². The topological polar surface area (TPSA) is 84.0 Å². The summed E-state index contributed by atoms with van der Waals surface area (Å²) in [5.41, 5.74) is 0.732. The Bertz CT molecular complexity index is 788. The van der Waals surface area contributed by atoms with Gasteiger partial charge in [0.1, 0.15) is 0 Å². The van der Waals surface area contributed by atoms with Gasteiger partial charge < -0.3 is 9.64 Å². The van der Waals surface area contributed by atoms with Crippen molar-refractivity contribution in [3.05, 3.63) is 30.3 Å². The lowest BCUT2D eigenvalue weighted by atomic mass is 9.97. The van der Waals surface area contributed by atoms with Crippen molar-refractivity contribution in [2.24, 2.45) is 5.92 Å². The smallest absolute Gasteiger partial charge is 0.309 e. The first-order chi connectivity index (χ1) is 13.4. The van der Waals surface area contributed by atoms with Gasteiger partial charge in [-0.05, 0) is 51.4 Å². The fraction of sp³-hybridized carbons (Fsp3) is 0.600. The van der Waals surface area contributed by atoms with E-state index in [4.69, 9.17) is 4.74 Å². The minimum absolute atomic E-state index is 0.0125. The average Bonchev–Trinajstić information content (AvgIpc) is 3.03. The van der Waals surface area contributed by atoms with Crippen LogP contribution in [0.2, 0.25) is 0 Å². The molecular weight excluding hydrogens is 380 g/mol. The monoisotopic (exact) mass is 408 g/mol. The molecule has 8 heteroatoms. The maximum absolute atomic E-state index is 13.1. The highest BCUT2D eigenvalue weighted by molar-refractivity contribution is 7.91. The van der Waals surface area contributed by atoms with Crippen molar-refractivity contribution in [3.8, 4) is 0 Å². The number of benzene rings is 1. The van der Waals surface area contributed by atoms with E-state index < -0.39 is 9.84 Å². The lowest BCUT2D eigenvalue weighted by molar-refractivity contribution is -0.149. The number of hydrogen-bond acceptors (Lipinski definition) is 6. The number of amides is 1. The lowest BCUT2D eigenvalue weighted by Crippen LogP contribution is -2.48. The minimum atomic E-state index is -3.10. The Labute approximate surface area is 166 Å². The molecule has 2 heterocycles. The first-order valence-electron chi connectivity index (χ1n) is 9.86. The molecule has 0 aromatic heterocycles. The molecule has 2 saturated heterocycles. The van der Waals surface area contributed by atoms with Crippen LogP contribution in [0.25, 0.3) is 0 Å². The van der Waals surface area contributed by atoms with Crippen molar-refractivity contribution in [2.45, 2.75) is 32.2 Å². The predicted molar refractivity (Wildman–Crippen MR) is 107 cm³/mol. The number of rotatable bonds is 6. The van der Waals surface area contributed by atoms with E-state index in [9.17, 15) is 18.0 Å². The van der Waals surface area contributed by atoms with Gasteiger partial charge in [0.05, 0.1) is 36.6 Å². The van der Waals surface area contributed by atoms with Gasteiger partial charge in [-0.1, -0.05) is 18.2 Å². The first-order valence-corrected chi connectivity index (χ1v) is 11.7. The maximum atomic E-state index is 13.1. The number of anilines is 1. The number of piperidine rings is 1. The predicted octanol–water partition coefficient (Wildman–Crippen LogP) is 1.48. The van der Waals surface area contributed by atoms with Crippen molar-refractivity contribution in [2.75, 3.05) is 42.6 Å². The van der Waals surface area contributed by atoms with Crippen LogP contribution in [0.4, 0.5) is 5.69 Å². The third kappa shape index (κ3) is 5.11. The molecule has 0 aliphatic carbocycles. The zero-order valence-corrected chi connectivity index (χ0v) is 17.1. The molecule has 1 amide bonds. The largest absolute Gasteiger partial charge is 0.466 e. The molecule has 0 spiro atoms. The number of carbonyl (C=O) groups is 2. The molecule has 0 unspecified atom stereocenters. The molecule has 0 saturated carbocycles. The standard InChI is InChI=1S/C20H28N2O5S/c1-2-27-20(24)16-8-11-21(12-9-16)14-19(23)22(17-6-4-3-5-7-17)18-10-13-28(25,26)15-18/h3-7,16,18H,2,8-15H2,1H3/t18-/m1/s1. The van der Waals surface area contributed by atoms with Crippen LogP contribution in [0.3, 0.4) is 0 Å². The van der Waals surface area contributed by atoms with Crippen molar-refractivity contribution in [3.63, 3.8) is 0 Å². The van der Waals surface area contributed by atoms with E-state index in [1.165, 1.54) is 0 Å². The van der Waals surface area contributed by atoms with Crippen molar-refractivity contribution in [1.82, 2.24) is 4.90 Å². The van der Waals surface area contributed by atoms with E-state index in [0.717, 1.165) is 5.69 Å². The fourth-order valence-corrected chi connectivity index (χ4v) is 5.68. The maximum Gasteiger partial charge on any atom is 0.309 e. The molecule has 7 nitrogen and oxygen atoms in total. The van der Waals surface area contributed by atoms with Crippen LogP contribution in [-0.4, -0.2) is 69.0 Å². The molecule has 28 heavy (non-hydrogen) atoms. The molecule has 1 atom stereocenters. The van der Waals surface area contributed by atoms with Crippen LogP contribution < -0.4 is 4.90 Å². The molecule has 1 aromatic carbocycles. The average molecular weight is 409 g/mol. The summed E-state index contributed by atoms with van der Waals surface area (Å²) in [5.74, 6) is -0.215. The van der Waals surface area contributed by atoms with Crippen LogP contribution in [0, 0.1) is 5.92 Å². The third-order valence-corrected chi connectivity index (χ3v) is 7.19. The summed E-state index contributed by atoms with van der Waals surface area (Å²) in [6.45, 7) is 3.71. The molecule has 2 fully saturated rings. The van der Waals surface area contributed by atoms with Gasteiger partial charge in [0.25, 0.3) is 0 Å². The fourth-order valence-electron chi connectivity index (χ4n) is 3.98. The van der Waals surface area contributed by atoms with E-state index in [1.807, 2.05) is 35.2 Å². The van der Waals surface area contributed by atoms with E-state index in [0.29, 0.717) is 39.0 Å². The number of sulfone groups is 1. The highest BCUT2D eigenvalue weighted by Crippen LogP contribution is 2.25. The van der Waals surface area contributed by atoms with E-state index in [2.05, 4.69) is 0 Å². The molecule has 2 aliphatic heterocycles. The number of likely N-dealkylation sites (tertiary alicyclic amines) is 1. The summed E-state index contributed by atoms with van der Waals surface area (Å²) in [6.07, 6.45) is 1.82. The second-order valence-corrected chi connectivity index (χ2v) is 9.69. The van der Waals surface area contributed by atoms with Gasteiger partial charge in [-0.15, -0.1) is 0 Å². The molecule has 0 N–H and O–H groups in total. The number of para-hydroxylation sites is 1. The number of hydrogen-bond donors (Lipinski definition) is 0. The Balaban J connectivity index is 1.65. The number of esters is 1. The van der Waals surface area contributed by atoms with Gasteiger partial charge >= 0.3 is 5.97 Å². The zero-order chi connectivity index (χ0) is 20.1. The van der Waals surface area contributed by atoms with Crippen molar-refractivity contribution in [1.29, 1.82) is 0 Å². The Morgan fingerprint density at radius 2 is 1.82 bits per heavy atom. The highest BCUT2D eigenvalue weighted by atomic mass is 32.2. The van der Waals surface area contributed by atoms with Crippen LogP contribution in [0.5, 0.6) is 0 Å².